The van der Waals surface area contributed by atoms with Crippen LogP contribution in [0.2, 0.25) is 0 Å². The first-order valence-electron chi connectivity index (χ1n) is 5.49. The molecule has 1 nitrogen and oxygen atoms in total. The Morgan fingerprint density at radius 3 is 2.06 bits per heavy atom. The fourth-order valence-corrected chi connectivity index (χ4v) is 2.87. The van der Waals surface area contributed by atoms with E-state index in [4.69, 9.17) is 5.73 Å². The predicted molar refractivity (Wildman–Crippen MR) is 77.5 cm³/mol. The maximum absolute atomic E-state index is 6.20. The Bertz CT molecular complexity index is 335. The smallest absolute Gasteiger partial charge is 0.0295 e. The molecule has 0 aliphatic rings. The highest BCUT2D eigenvalue weighted by Gasteiger charge is 2.14. The summed E-state index contributed by atoms with van der Waals surface area (Å²) < 4.78 is 2.14. The molecule has 0 spiro atoms. The molecular formula is C13H19Br2N. The van der Waals surface area contributed by atoms with E-state index in [9.17, 15) is 0 Å². The fourth-order valence-electron chi connectivity index (χ4n) is 1.54. The predicted octanol–water partition coefficient (Wildman–Crippen LogP) is 5.04. The summed E-state index contributed by atoms with van der Waals surface area (Å²) in [5.41, 5.74) is 7.73. The number of hydrogen-bond donors (Lipinski definition) is 1. The van der Waals surface area contributed by atoms with Crippen molar-refractivity contribution in [3.8, 4) is 0 Å². The topological polar surface area (TPSA) is 26.0 Å². The Morgan fingerprint density at radius 1 is 1.12 bits per heavy atom. The summed E-state index contributed by atoms with van der Waals surface area (Å²) in [6.45, 7) is 6.74. The van der Waals surface area contributed by atoms with Crippen molar-refractivity contribution < 1.29 is 0 Å². The molecule has 2 N–H and O–H groups in total. The van der Waals surface area contributed by atoms with Crippen molar-refractivity contribution in [1.29, 1.82) is 0 Å². The Kier molecular flexibility index (Phi) is 5.02. The quantitative estimate of drug-likeness (QED) is 0.813. The average molecular weight is 349 g/mol. The van der Waals surface area contributed by atoms with Crippen molar-refractivity contribution >= 4 is 31.9 Å². The van der Waals surface area contributed by atoms with Gasteiger partial charge in [0, 0.05) is 15.0 Å². The third-order valence-corrected chi connectivity index (χ3v) is 3.43. The molecule has 0 radical (unpaired) electrons. The van der Waals surface area contributed by atoms with E-state index in [0.29, 0.717) is 5.41 Å². The van der Waals surface area contributed by atoms with Gasteiger partial charge in [0.05, 0.1) is 0 Å². The van der Waals surface area contributed by atoms with Crippen LogP contribution in [0.25, 0.3) is 0 Å². The lowest BCUT2D eigenvalue weighted by Gasteiger charge is -2.21. The summed E-state index contributed by atoms with van der Waals surface area (Å²) in [6, 6.07) is 6.34. The van der Waals surface area contributed by atoms with Crippen LogP contribution in [-0.2, 0) is 0 Å². The van der Waals surface area contributed by atoms with Gasteiger partial charge in [-0.15, -0.1) is 0 Å². The van der Waals surface area contributed by atoms with Crippen LogP contribution in [0.3, 0.4) is 0 Å². The molecule has 1 atom stereocenters. The van der Waals surface area contributed by atoms with Crippen molar-refractivity contribution in [2.75, 3.05) is 0 Å². The summed E-state index contributed by atoms with van der Waals surface area (Å²) >= 11 is 6.97. The van der Waals surface area contributed by atoms with Gasteiger partial charge in [0.25, 0.3) is 0 Å². The van der Waals surface area contributed by atoms with Gasteiger partial charge >= 0.3 is 0 Å². The normalized spacial score (nSPS) is 13.9. The van der Waals surface area contributed by atoms with Gasteiger partial charge in [-0.25, -0.2) is 0 Å². The van der Waals surface area contributed by atoms with Crippen LogP contribution in [-0.4, -0.2) is 0 Å². The van der Waals surface area contributed by atoms with Crippen molar-refractivity contribution in [2.24, 2.45) is 11.1 Å². The SMILES string of the molecule is CC(C)(C)CCC(N)c1cc(Br)cc(Br)c1. The second kappa shape index (κ2) is 5.65. The lowest BCUT2D eigenvalue weighted by Crippen LogP contribution is -2.14. The highest BCUT2D eigenvalue weighted by molar-refractivity contribution is 9.11. The summed E-state index contributed by atoms with van der Waals surface area (Å²) in [5.74, 6) is 0. The molecule has 1 aromatic carbocycles. The van der Waals surface area contributed by atoms with Crippen LogP contribution in [0.1, 0.15) is 45.2 Å². The van der Waals surface area contributed by atoms with Gasteiger partial charge in [-0.3, -0.25) is 0 Å². The lowest BCUT2D eigenvalue weighted by atomic mass is 9.87. The molecule has 16 heavy (non-hydrogen) atoms. The van der Waals surface area contributed by atoms with E-state index in [2.05, 4.69) is 64.8 Å². The minimum absolute atomic E-state index is 0.119. The Morgan fingerprint density at radius 2 is 1.62 bits per heavy atom. The molecule has 0 aliphatic carbocycles. The molecule has 0 aromatic heterocycles. The molecular weight excluding hydrogens is 330 g/mol. The molecule has 0 saturated heterocycles. The van der Waals surface area contributed by atoms with E-state index < -0.39 is 0 Å². The molecule has 3 heteroatoms. The Labute approximate surface area is 115 Å². The van der Waals surface area contributed by atoms with Gasteiger partial charge in [0.15, 0.2) is 0 Å². The first-order valence-corrected chi connectivity index (χ1v) is 7.08. The minimum Gasteiger partial charge on any atom is -0.324 e. The van der Waals surface area contributed by atoms with Crippen LogP contribution in [0.4, 0.5) is 0 Å². The molecule has 1 rings (SSSR count). The number of hydrogen-bond acceptors (Lipinski definition) is 1. The molecule has 0 saturated carbocycles. The highest BCUT2D eigenvalue weighted by Crippen LogP contribution is 2.29. The van der Waals surface area contributed by atoms with Crippen LogP contribution in [0, 0.1) is 5.41 Å². The molecule has 0 amide bonds. The first kappa shape index (κ1) is 14.2. The van der Waals surface area contributed by atoms with Gasteiger partial charge in [0.1, 0.15) is 0 Å². The van der Waals surface area contributed by atoms with Gasteiger partial charge in [-0.05, 0) is 42.0 Å². The highest BCUT2D eigenvalue weighted by atomic mass is 79.9. The van der Waals surface area contributed by atoms with Gasteiger partial charge in [-0.1, -0.05) is 52.6 Å². The Hall–Kier alpha value is 0.140. The van der Waals surface area contributed by atoms with Crippen molar-refractivity contribution in [2.45, 2.75) is 39.7 Å². The molecule has 0 aliphatic heterocycles. The zero-order chi connectivity index (χ0) is 12.3. The molecule has 90 valence electrons. The van der Waals surface area contributed by atoms with Gasteiger partial charge in [0.2, 0.25) is 0 Å². The summed E-state index contributed by atoms with van der Waals surface area (Å²) in [7, 11) is 0. The third-order valence-electron chi connectivity index (χ3n) is 2.52. The summed E-state index contributed by atoms with van der Waals surface area (Å²) in [5, 5.41) is 0. The maximum Gasteiger partial charge on any atom is 0.0295 e. The van der Waals surface area contributed by atoms with E-state index in [1.807, 2.05) is 6.07 Å². The van der Waals surface area contributed by atoms with Crippen LogP contribution in [0.15, 0.2) is 27.1 Å². The number of halogens is 2. The summed E-state index contributed by atoms with van der Waals surface area (Å²) in [6.07, 6.45) is 2.16. The van der Waals surface area contributed by atoms with E-state index in [0.717, 1.165) is 21.8 Å². The summed E-state index contributed by atoms with van der Waals surface area (Å²) in [4.78, 5) is 0. The molecule has 1 aromatic rings. The van der Waals surface area contributed by atoms with E-state index in [-0.39, 0.29) is 6.04 Å². The second-order valence-corrected chi connectivity index (χ2v) is 7.24. The van der Waals surface area contributed by atoms with Crippen LogP contribution in [0.5, 0.6) is 0 Å². The third kappa shape index (κ3) is 4.98. The zero-order valence-corrected chi connectivity index (χ0v) is 13.2. The number of benzene rings is 1. The van der Waals surface area contributed by atoms with Crippen LogP contribution < -0.4 is 5.73 Å². The Balaban J connectivity index is 2.69. The molecule has 1 unspecified atom stereocenters. The monoisotopic (exact) mass is 347 g/mol. The maximum atomic E-state index is 6.20. The van der Waals surface area contributed by atoms with Crippen molar-refractivity contribution in [3.63, 3.8) is 0 Å². The average Bonchev–Trinajstić information content (AvgIpc) is 2.11. The van der Waals surface area contributed by atoms with Crippen molar-refractivity contribution in [1.82, 2.24) is 0 Å². The standard InChI is InChI=1S/C13H19Br2N/c1-13(2,3)5-4-12(16)9-6-10(14)8-11(15)7-9/h6-8,12H,4-5,16H2,1-3H3. The van der Waals surface area contributed by atoms with Gasteiger partial charge in [-0.2, -0.15) is 0 Å². The number of nitrogens with two attached hydrogens (primary N) is 1. The van der Waals surface area contributed by atoms with E-state index in [1.54, 1.807) is 0 Å². The van der Waals surface area contributed by atoms with Crippen LogP contribution >= 0.6 is 31.9 Å². The largest absolute Gasteiger partial charge is 0.324 e. The zero-order valence-electron chi connectivity index (χ0n) is 10.1. The molecule has 0 fully saturated rings. The van der Waals surface area contributed by atoms with E-state index >= 15 is 0 Å². The van der Waals surface area contributed by atoms with Crippen molar-refractivity contribution in [3.05, 3.63) is 32.7 Å². The minimum atomic E-state index is 0.119. The first-order chi connectivity index (χ1) is 7.28. The second-order valence-electron chi connectivity index (χ2n) is 5.41. The molecule has 0 bridgehead atoms. The lowest BCUT2D eigenvalue weighted by molar-refractivity contribution is 0.350. The van der Waals surface area contributed by atoms with Gasteiger partial charge < -0.3 is 5.73 Å². The molecule has 0 heterocycles. The van der Waals surface area contributed by atoms with E-state index in [1.165, 1.54) is 5.56 Å². The fraction of sp³-hybridized carbons (Fsp3) is 0.538. The number of rotatable bonds is 3.